The van der Waals surface area contributed by atoms with Crippen LogP contribution in [0.3, 0.4) is 0 Å². The fourth-order valence-corrected chi connectivity index (χ4v) is 4.11. The number of nitrogens with one attached hydrogen (secondary N) is 2. The quantitative estimate of drug-likeness (QED) is 0.331. The topological polar surface area (TPSA) is 108 Å². The normalized spacial score (nSPS) is 11.6. The van der Waals surface area contributed by atoms with Crippen LogP contribution in [0, 0.1) is 5.82 Å². The first-order valence-electron chi connectivity index (χ1n) is 11.7. The van der Waals surface area contributed by atoms with Crippen LogP contribution in [0.15, 0.2) is 67.3 Å². The highest BCUT2D eigenvalue weighted by Gasteiger charge is 2.17. The van der Waals surface area contributed by atoms with Crippen molar-refractivity contribution in [1.82, 2.24) is 40.0 Å². The summed E-state index contributed by atoms with van der Waals surface area (Å²) < 4.78 is 19.3. The predicted octanol–water partition coefficient (Wildman–Crippen LogP) is 4.70. The molecule has 0 aliphatic carbocycles. The Balaban J connectivity index is 1.37. The highest BCUT2D eigenvalue weighted by molar-refractivity contribution is 5.96. The fraction of sp³-hybridized carbons (Fsp3) is 0.148. The standard InChI is InChI=1S/C27H23FN8O/c1-36(2)9-10-37-20-11-17(13-29-15-20)18-12-21-24(34-35-26(21)31-14-18)27-32-22-7-8-30-23(25(22)33-27)16-3-5-19(28)6-4-16/h3-8,11-15H,9-10H2,1-2H3,(H,32,33)(H,31,34,35). The molecule has 0 atom stereocenters. The van der Waals surface area contributed by atoms with Crippen LogP contribution in [0.2, 0.25) is 0 Å². The van der Waals surface area contributed by atoms with Gasteiger partial charge in [0.2, 0.25) is 0 Å². The Labute approximate surface area is 211 Å². The molecule has 6 rings (SSSR count). The third-order valence-corrected chi connectivity index (χ3v) is 6.01. The van der Waals surface area contributed by atoms with Crippen LogP contribution in [-0.4, -0.2) is 67.3 Å². The van der Waals surface area contributed by atoms with Crippen LogP contribution in [0.1, 0.15) is 0 Å². The number of imidazole rings is 1. The number of aromatic amines is 2. The zero-order valence-electron chi connectivity index (χ0n) is 20.2. The number of rotatable bonds is 7. The zero-order chi connectivity index (χ0) is 25.4. The summed E-state index contributed by atoms with van der Waals surface area (Å²) >= 11 is 0. The van der Waals surface area contributed by atoms with E-state index in [1.54, 1.807) is 36.9 Å². The molecular weight excluding hydrogens is 471 g/mol. The number of ether oxygens (including phenoxy) is 1. The van der Waals surface area contributed by atoms with E-state index in [9.17, 15) is 4.39 Å². The molecule has 9 nitrogen and oxygen atoms in total. The van der Waals surface area contributed by atoms with Crippen molar-refractivity contribution in [2.24, 2.45) is 0 Å². The molecule has 2 N–H and O–H groups in total. The summed E-state index contributed by atoms with van der Waals surface area (Å²) in [6.07, 6.45) is 6.96. The Bertz CT molecular complexity index is 1710. The number of hydrogen-bond acceptors (Lipinski definition) is 7. The lowest BCUT2D eigenvalue weighted by atomic mass is 10.1. The van der Waals surface area contributed by atoms with Crippen molar-refractivity contribution in [3.63, 3.8) is 0 Å². The van der Waals surface area contributed by atoms with Gasteiger partial charge in [-0.05, 0) is 56.6 Å². The SMILES string of the molecule is CN(C)CCOc1cncc(-c2cnc3[nH]nc(-c4nc5c(-c6ccc(F)cc6)nccc5[nH]4)c3c2)c1. The third kappa shape index (κ3) is 4.50. The van der Waals surface area contributed by atoms with Crippen molar-refractivity contribution in [3.8, 4) is 39.7 Å². The van der Waals surface area contributed by atoms with Gasteiger partial charge in [0, 0.05) is 41.8 Å². The lowest BCUT2D eigenvalue weighted by molar-refractivity contribution is 0.261. The molecule has 0 aliphatic heterocycles. The number of fused-ring (bicyclic) bond motifs is 2. The molecule has 0 saturated heterocycles. The van der Waals surface area contributed by atoms with Gasteiger partial charge in [-0.1, -0.05) is 0 Å². The molecule has 0 fully saturated rings. The highest BCUT2D eigenvalue weighted by atomic mass is 19.1. The van der Waals surface area contributed by atoms with Crippen molar-refractivity contribution < 1.29 is 9.13 Å². The van der Waals surface area contributed by atoms with E-state index in [2.05, 4.69) is 35.0 Å². The number of aromatic nitrogens is 7. The minimum Gasteiger partial charge on any atom is -0.491 e. The molecule has 5 heterocycles. The molecule has 0 amide bonds. The molecule has 0 unspecified atom stereocenters. The third-order valence-electron chi connectivity index (χ3n) is 6.01. The van der Waals surface area contributed by atoms with Gasteiger partial charge in [0.25, 0.3) is 0 Å². The lowest BCUT2D eigenvalue weighted by Crippen LogP contribution is -2.19. The summed E-state index contributed by atoms with van der Waals surface area (Å²) in [6.45, 7) is 1.38. The number of H-pyrrole nitrogens is 2. The average molecular weight is 495 g/mol. The van der Waals surface area contributed by atoms with Crippen molar-refractivity contribution in [1.29, 1.82) is 0 Å². The van der Waals surface area contributed by atoms with E-state index < -0.39 is 0 Å². The molecule has 10 heteroatoms. The summed E-state index contributed by atoms with van der Waals surface area (Å²) in [5.41, 5.74) is 5.96. The van der Waals surface area contributed by atoms with E-state index in [4.69, 9.17) is 9.72 Å². The molecule has 5 aromatic heterocycles. The maximum Gasteiger partial charge on any atom is 0.159 e. The van der Waals surface area contributed by atoms with Gasteiger partial charge in [-0.2, -0.15) is 5.10 Å². The zero-order valence-corrected chi connectivity index (χ0v) is 20.2. The predicted molar refractivity (Wildman–Crippen MR) is 139 cm³/mol. The van der Waals surface area contributed by atoms with E-state index in [-0.39, 0.29) is 5.82 Å². The first-order chi connectivity index (χ1) is 18.0. The Hall–Kier alpha value is -4.70. The van der Waals surface area contributed by atoms with Crippen LogP contribution in [-0.2, 0) is 0 Å². The molecule has 0 radical (unpaired) electrons. The first kappa shape index (κ1) is 22.7. The molecule has 0 aliphatic rings. The van der Waals surface area contributed by atoms with Crippen molar-refractivity contribution in [2.75, 3.05) is 27.2 Å². The van der Waals surface area contributed by atoms with E-state index in [0.717, 1.165) is 34.1 Å². The van der Waals surface area contributed by atoms with Gasteiger partial charge in [-0.15, -0.1) is 0 Å². The molecule has 37 heavy (non-hydrogen) atoms. The molecule has 0 spiro atoms. The summed E-state index contributed by atoms with van der Waals surface area (Å²) in [5, 5.41) is 8.29. The number of pyridine rings is 3. The van der Waals surface area contributed by atoms with E-state index in [1.165, 1.54) is 12.1 Å². The Morgan fingerprint density at radius 3 is 2.59 bits per heavy atom. The second kappa shape index (κ2) is 9.40. The van der Waals surface area contributed by atoms with Gasteiger partial charge in [0.05, 0.1) is 22.8 Å². The molecule has 0 bridgehead atoms. The molecular formula is C27H23FN8O. The summed E-state index contributed by atoms with van der Waals surface area (Å²) in [7, 11) is 4.01. The lowest BCUT2D eigenvalue weighted by Gasteiger charge is -2.11. The smallest absolute Gasteiger partial charge is 0.159 e. The second-order valence-electron chi connectivity index (χ2n) is 8.90. The van der Waals surface area contributed by atoms with Crippen LogP contribution >= 0.6 is 0 Å². The summed E-state index contributed by atoms with van der Waals surface area (Å²) in [4.78, 5) is 23.6. The second-order valence-corrected chi connectivity index (χ2v) is 8.90. The van der Waals surface area contributed by atoms with Gasteiger partial charge < -0.3 is 14.6 Å². The maximum absolute atomic E-state index is 13.4. The van der Waals surface area contributed by atoms with Crippen LogP contribution in [0.5, 0.6) is 5.75 Å². The Kier molecular flexibility index (Phi) is 5.78. The van der Waals surface area contributed by atoms with Gasteiger partial charge in [0.1, 0.15) is 29.4 Å². The van der Waals surface area contributed by atoms with E-state index >= 15 is 0 Å². The van der Waals surface area contributed by atoms with Crippen molar-refractivity contribution in [2.45, 2.75) is 0 Å². The number of hydrogen-bond donors (Lipinski definition) is 2. The molecule has 1 aromatic carbocycles. The maximum atomic E-state index is 13.4. The van der Waals surface area contributed by atoms with Crippen LogP contribution in [0.25, 0.3) is 56.0 Å². The first-order valence-corrected chi connectivity index (χ1v) is 11.7. The Morgan fingerprint density at radius 1 is 0.919 bits per heavy atom. The van der Waals surface area contributed by atoms with Gasteiger partial charge in [-0.25, -0.2) is 14.4 Å². The minimum absolute atomic E-state index is 0.300. The minimum atomic E-state index is -0.300. The largest absolute Gasteiger partial charge is 0.491 e. The molecule has 0 saturated carbocycles. The monoisotopic (exact) mass is 494 g/mol. The number of benzene rings is 1. The number of halogens is 1. The number of likely N-dealkylation sites (N-methyl/N-ethyl adjacent to an activating group) is 1. The van der Waals surface area contributed by atoms with Crippen molar-refractivity contribution in [3.05, 3.63) is 73.1 Å². The molecule has 184 valence electrons. The van der Waals surface area contributed by atoms with Gasteiger partial charge >= 0.3 is 0 Å². The van der Waals surface area contributed by atoms with Crippen LogP contribution < -0.4 is 4.74 Å². The van der Waals surface area contributed by atoms with Crippen LogP contribution in [0.4, 0.5) is 4.39 Å². The highest BCUT2D eigenvalue weighted by Crippen LogP contribution is 2.32. The molecule has 6 aromatic rings. The Morgan fingerprint density at radius 2 is 1.76 bits per heavy atom. The van der Waals surface area contributed by atoms with E-state index in [0.29, 0.717) is 40.7 Å². The average Bonchev–Trinajstić information content (AvgIpc) is 3.53. The number of nitrogens with zero attached hydrogens (tertiary/aromatic N) is 6. The summed E-state index contributed by atoms with van der Waals surface area (Å²) in [5.74, 6) is 0.978. The fourth-order valence-electron chi connectivity index (χ4n) is 4.11. The van der Waals surface area contributed by atoms with Gasteiger partial charge in [-0.3, -0.25) is 15.1 Å². The summed E-state index contributed by atoms with van der Waals surface area (Å²) in [6, 6.07) is 12.0. The van der Waals surface area contributed by atoms with E-state index in [1.807, 2.05) is 32.3 Å². The van der Waals surface area contributed by atoms with Gasteiger partial charge in [0.15, 0.2) is 11.5 Å². The van der Waals surface area contributed by atoms with Crippen molar-refractivity contribution >= 4 is 22.1 Å².